The maximum atomic E-state index is 12.3. The maximum Gasteiger partial charge on any atom is 0.407 e. The number of carbonyl (C=O) groups is 3. The molecule has 9 heteroatoms. The number of rotatable bonds is 7. The Hall–Kier alpha value is -4.14. The molecule has 164 valence electrons. The number of carbonyl (C=O) groups excluding carboxylic acids is 2. The number of aromatic nitrogens is 2. The minimum Gasteiger partial charge on any atom is -0.480 e. The van der Waals surface area contributed by atoms with Gasteiger partial charge in [0.2, 0.25) is 0 Å². The lowest BCUT2D eigenvalue weighted by Gasteiger charge is -2.14. The molecule has 0 spiro atoms. The van der Waals surface area contributed by atoms with Crippen molar-refractivity contribution in [3.05, 3.63) is 77.1 Å². The van der Waals surface area contributed by atoms with Gasteiger partial charge in [-0.3, -0.25) is 14.3 Å². The van der Waals surface area contributed by atoms with Crippen molar-refractivity contribution in [2.45, 2.75) is 12.5 Å². The lowest BCUT2D eigenvalue weighted by Crippen LogP contribution is -2.30. The second-order valence-electron chi connectivity index (χ2n) is 7.40. The quantitative estimate of drug-likeness (QED) is 0.524. The Labute approximate surface area is 184 Å². The van der Waals surface area contributed by atoms with E-state index in [1.807, 2.05) is 36.4 Å². The highest BCUT2D eigenvalue weighted by Gasteiger charge is 2.29. The first-order valence-corrected chi connectivity index (χ1v) is 10.1. The summed E-state index contributed by atoms with van der Waals surface area (Å²) in [6.45, 7) is -0.223. The summed E-state index contributed by atoms with van der Waals surface area (Å²) in [4.78, 5) is 34.9. The molecule has 0 saturated heterocycles. The first-order chi connectivity index (χ1) is 15.4. The number of aliphatic carboxylic acids is 1. The van der Waals surface area contributed by atoms with E-state index in [0.717, 1.165) is 22.3 Å². The van der Waals surface area contributed by atoms with Crippen LogP contribution in [0.25, 0.3) is 11.1 Å². The number of hydrogen-bond donors (Lipinski definition) is 3. The van der Waals surface area contributed by atoms with E-state index in [1.54, 1.807) is 7.05 Å². The zero-order valence-electron chi connectivity index (χ0n) is 17.4. The van der Waals surface area contributed by atoms with Crippen LogP contribution < -0.4 is 10.6 Å². The number of carboxylic acid groups (broad SMARTS) is 1. The number of carboxylic acids is 1. The van der Waals surface area contributed by atoms with Crippen molar-refractivity contribution >= 4 is 18.0 Å². The van der Waals surface area contributed by atoms with E-state index in [2.05, 4.69) is 27.9 Å². The minimum absolute atomic E-state index is 0.0347. The van der Waals surface area contributed by atoms with Gasteiger partial charge in [0.15, 0.2) is 0 Å². The van der Waals surface area contributed by atoms with Gasteiger partial charge in [-0.25, -0.2) is 4.79 Å². The third-order valence-corrected chi connectivity index (χ3v) is 5.32. The molecule has 0 atom stereocenters. The van der Waals surface area contributed by atoms with Crippen molar-refractivity contribution in [3.63, 3.8) is 0 Å². The summed E-state index contributed by atoms with van der Waals surface area (Å²) in [6, 6.07) is 17.7. The molecule has 1 aliphatic carbocycles. The molecule has 0 fully saturated rings. The van der Waals surface area contributed by atoms with E-state index >= 15 is 0 Å². The summed E-state index contributed by atoms with van der Waals surface area (Å²) in [5, 5.41) is 17.7. The van der Waals surface area contributed by atoms with Gasteiger partial charge in [-0.2, -0.15) is 5.10 Å². The van der Waals surface area contributed by atoms with Gasteiger partial charge >= 0.3 is 12.1 Å². The summed E-state index contributed by atoms with van der Waals surface area (Å²) >= 11 is 0. The number of nitrogens with one attached hydrogen (secondary N) is 2. The van der Waals surface area contributed by atoms with Gasteiger partial charge in [0, 0.05) is 13.0 Å². The molecule has 32 heavy (non-hydrogen) atoms. The fraction of sp³-hybridized carbons (Fsp3) is 0.217. The van der Waals surface area contributed by atoms with Crippen LogP contribution in [-0.4, -0.2) is 46.0 Å². The minimum atomic E-state index is -1.14. The predicted molar refractivity (Wildman–Crippen MR) is 115 cm³/mol. The summed E-state index contributed by atoms with van der Waals surface area (Å²) < 4.78 is 6.81. The third kappa shape index (κ3) is 4.31. The maximum absolute atomic E-state index is 12.3. The summed E-state index contributed by atoms with van der Waals surface area (Å²) in [5.74, 6) is -1.74. The van der Waals surface area contributed by atoms with Crippen LogP contribution >= 0.6 is 0 Å². The van der Waals surface area contributed by atoms with Crippen molar-refractivity contribution in [3.8, 4) is 11.1 Å². The number of fused-ring (bicyclic) bond motifs is 3. The Morgan fingerprint density at radius 1 is 1.03 bits per heavy atom. The van der Waals surface area contributed by atoms with Gasteiger partial charge < -0.3 is 20.5 Å². The van der Waals surface area contributed by atoms with Crippen LogP contribution in [0.5, 0.6) is 0 Å². The SMILES string of the molecule is Cn1nc(CNC(=O)OCC2c3ccccc3-c3ccccc32)cc1C(=O)NCC(=O)O. The summed E-state index contributed by atoms with van der Waals surface area (Å²) in [5.41, 5.74) is 5.20. The number of benzene rings is 2. The number of amides is 2. The molecule has 4 rings (SSSR count). The van der Waals surface area contributed by atoms with E-state index in [-0.39, 0.29) is 24.8 Å². The fourth-order valence-electron chi connectivity index (χ4n) is 3.88. The molecule has 0 saturated carbocycles. The van der Waals surface area contributed by atoms with Gasteiger partial charge in [0.1, 0.15) is 18.8 Å². The highest BCUT2D eigenvalue weighted by atomic mass is 16.5. The molecule has 1 aromatic heterocycles. The zero-order chi connectivity index (χ0) is 22.7. The highest BCUT2D eigenvalue weighted by Crippen LogP contribution is 2.44. The van der Waals surface area contributed by atoms with E-state index in [1.165, 1.54) is 10.7 Å². The van der Waals surface area contributed by atoms with Crippen LogP contribution in [0.2, 0.25) is 0 Å². The largest absolute Gasteiger partial charge is 0.480 e. The van der Waals surface area contributed by atoms with Crippen LogP contribution in [0.1, 0.15) is 33.2 Å². The van der Waals surface area contributed by atoms with Crippen LogP contribution in [-0.2, 0) is 23.1 Å². The van der Waals surface area contributed by atoms with Gasteiger partial charge in [0.25, 0.3) is 5.91 Å². The normalized spacial score (nSPS) is 12.0. The smallest absolute Gasteiger partial charge is 0.407 e. The number of ether oxygens (including phenoxy) is 1. The molecule has 2 aromatic carbocycles. The summed E-state index contributed by atoms with van der Waals surface area (Å²) in [6.07, 6.45) is -0.589. The Morgan fingerprint density at radius 2 is 1.66 bits per heavy atom. The molecular weight excluding hydrogens is 412 g/mol. The second kappa shape index (κ2) is 8.93. The zero-order valence-corrected chi connectivity index (χ0v) is 17.4. The fourth-order valence-corrected chi connectivity index (χ4v) is 3.88. The monoisotopic (exact) mass is 434 g/mol. The molecule has 0 bridgehead atoms. The van der Waals surface area contributed by atoms with Crippen LogP contribution in [0.4, 0.5) is 4.79 Å². The van der Waals surface area contributed by atoms with Crippen molar-refractivity contribution < 1.29 is 24.2 Å². The van der Waals surface area contributed by atoms with Gasteiger partial charge in [-0.1, -0.05) is 48.5 Å². The van der Waals surface area contributed by atoms with Crippen LogP contribution in [0, 0.1) is 0 Å². The van der Waals surface area contributed by atoms with E-state index in [9.17, 15) is 14.4 Å². The van der Waals surface area contributed by atoms with Crippen LogP contribution in [0.15, 0.2) is 54.6 Å². The average molecular weight is 434 g/mol. The highest BCUT2D eigenvalue weighted by molar-refractivity contribution is 5.94. The van der Waals surface area contributed by atoms with Gasteiger partial charge in [0.05, 0.1) is 12.2 Å². The Morgan fingerprint density at radius 3 is 2.28 bits per heavy atom. The van der Waals surface area contributed by atoms with E-state index in [0.29, 0.717) is 5.69 Å². The first kappa shape index (κ1) is 21.1. The molecule has 1 aliphatic rings. The van der Waals surface area contributed by atoms with E-state index < -0.39 is 24.5 Å². The average Bonchev–Trinajstić information content (AvgIpc) is 3.32. The van der Waals surface area contributed by atoms with Gasteiger partial charge in [-0.15, -0.1) is 0 Å². The predicted octanol–water partition coefficient (Wildman–Crippen LogP) is 2.27. The van der Waals surface area contributed by atoms with Gasteiger partial charge in [-0.05, 0) is 28.3 Å². The van der Waals surface area contributed by atoms with Crippen molar-refractivity contribution in [2.75, 3.05) is 13.2 Å². The Kier molecular flexibility index (Phi) is 5.89. The summed E-state index contributed by atoms with van der Waals surface area (Å²) in [7, 11) is 1.56. The first-order valence-electron chi connectivity index (χ1n) is 10.1. The molecular formula is C23H22N4O5. The lowest BCUT2D eigenvalue weighted by molar-refractivity contribution is -0.135. The van der Waals surface area contributed by atoms with Crippen molar-refractivity contribution in [2.24, 2.45) is 7.05 Å². The Balaban J connectivity index is 1.34. The molecule has 0 unspecified atom stereocenters. The number of hydrogen-bond acceptors (Lipinski definition) is 5. The molecule has 2 amide bonds. The third-order valence-electron chi connectivity index (χ3n) is 5.32. The van der Waals surface area contributed by atoms with Crippen molar-refractivity contribution in [1.82, 2.24) is 20.4 Å². The second-order valence-corrected chi connectivity index (χ2v) is 7.40. The molecule has 3 aromatic rings. The molecule has 1 heterocycles. The van der Waals surface area contributed by atoms with Crippen LogP contribution in [0.3, 0.4) is 0 Å². The van der Waals surface area contributed by atoms with E-state index in [4.69, 9.17) is 9.84 Å². The standard InChI is InChI=1S/C23H22N4O5/c1-27-20(22(30)24-12-21(28)29)10-14(26-27)11-25-23(31)32-13-19-17-8-4-2-6-15(17)16-7-3-5-9-18(16)19/h2-10,19H,11-13H2,1H3,(H,24,30)(H,25,31)(H,28,29). The molecule has 0 aliphatic heterocycles. The molecule has 9 nitrogen and oxygen atoms in total. The molecule has 0 radical (unpaired) electrons. The Bertz CT molecular complexity index is 1140. The number of alkyl carbamates (subject to hydrolysis) is 1. The lowest BCUT2D eigenvalue weighted by atomic mass is 9.98. The number of aryl methyl sites for hydroxylation is 1. The van der Waals surface area contributed by atoms with Crippen molar-refractivity contribution in [1.29, 1.82) is 0 Å². The number of nitrogens with zero attached hydrogens (tertiary/aromatic N) is 2. The topological polar surface area (TPSA) is 123 Å². The molecule has 3 N–H and O–H groups in total.